The van der Waals surface area contributed by atoms with Crippen LogP contribution in [0.1, 0.15) is 29.2 Å². The summed E-state index contributed by atoms with van der Waals surface area (Å²) in [5.74, 6) is 0. The Balaban J connectivity index is 1.81. The number of hydrogen-bond donors (Lipinski definition) is 0. The van der Waals surface area contributed by atoms with E-state index in [-0.39, 0.29) is 23.1 Å². The molecule has 0 saturated carbocycles. The molecule has 1 aliphatic heterocycles. The highest BCUT2D eigenvalue weighted by Crippen LogP contribution is 2.51. The fourth-order valence-corrected chi connectivity index (χ4v) is 5.78. The van der Waals surface area contributed by atoms with Gasteiger partial charge in [0.05, 0.1) is 22.5 Å². The van der Waals surface area contributed by atoms with Crippen LogP contribution in [0.15, 0.2) is 113 Å². The van der Waals surface area contributed by atoms with Crippen molar-refractivity contribution in [2.24, 2.45) is 0 Å². The van der Waals surface area contributed by atoms with E-state index in [1.165, 1.54) is 48.2 Å². The number of nitrogens with zero attached hydrogens (tertiary/aromatic N) is 1. The zero-order valence-electron chi connectivity index (χ0n) is 20.1. The second kappa shape index (κ2) is 9.91. The topological polar surface area (TPSA) is 3.24 Å². The van der Waals surface area contributed by atoms with Crippen LogP contribution in [0.25, 0.3) is 5.57 Å². The molecule has 0 amide bonds. The minimum atomic E-state index is -4.64. The predicted octanol–water partition coefficient (Wildman–Crippen LogP) is 10.0. The normalized spacial score (nSPS) is 14.0. The molecule has 0 radical (unpaired) electrons. The van der Waals surface area contributed by atoms with Crippen LogP contribution in [-0.4, -0.2) is 0 Å². The Morgan fingerprint density at radius 2 is 1.11 bits per heavy atom. The third-order valence-corrected chi connectivity index (χ3v) is 7.58. The third kappa shape index (κ3) is 4.92. The highest BCUT2D eigenvalue weighted by Gasteiger charge is 2.37. The molecule has 0 fully saturated rings. The van der Waals surface area contributed by atoms with Gasteiger partial charge in [0, 0.05) is 21.9 Å². The number of rotatable bonds is 4. The summed E-state index contributed by atoms with van der Waals surface area (Å²) in [6, 6.07) is 25.1. The smallest absolute Gasteiger partial charge is 0.311 e. The molecule has 0 unspecified atom stereocenters. The molecule has 0 spiro atoms. The summed E-state index contributed by atoms with van der Waals surface area (Å²) in [4.78, 5) is 3.51. The number of allylic oxidation sites excluding steroid dienone is 2. The first kappa shape index (κ1) is 26.0. The van der Waals surface area contributed by atoms with Crippen LogP contribution in [0, 0.1) is 0 Å². The molecule has 0 aliphatic carbocycles. The van der Waals surface area contributed by atoms with Gasteiger partial charge >= 0.3 is 12.4 Å². The molecule has 4 aromatic rings. The Labute approximate surface area is 220 Å². The van der Waals surface area contributed by atoms with Gasteiger partial charge in [-0.25, -0.2) is 0 Å². The largest absolute Gasteiger partial charge is 0.416 e. The lowest BCUT2D eigenvalue weighted by atomic mass is 9.93. The number of halogens is 6. The van der Waals surface area contributed by atoms with E-state index in [9.17, 15) is 26.3 Å². The van der Waals surface area contributed by atoms with Crippen molar-refractivity contribution >= 4 is 28.7 Å². The highest BCUT2D eigenvalue weighted by atomic mass is 32.2. The van der Waals surface area contributed by atoms with Gasteiger partial charge in [0.15, 0.2) is 0 Å². The number of fused-ring (bicyclic) bond motifs is 2. The Morgan fingerprint density at radius 3 is 1.68 bits per heavy atom. The van der Waals surface area contributed by atoms with Crippen LogP contribution >= 0.6 is 11.8 Å². The predicted molar refractivity (Wildman–Crippen MR) is 138 cm³/mol. The molecule has 5 rings (SSSR count). The lowest BCUT2D eigenvalue weighted by Gasteiger charge is -2.36. The number of alkyl halides is 6. The fraction of sp³-hybridized carbons (Fsp3) is 0.133. The SMILES string of the molecule is C/C(=C(\Cc1ccccc1C(F)(F)F)N1c2ccccc2Sc2ccccc21)c1ccccc1C(F)(F)F. The molecule has 1 nitrogen and oxygen atoms in total. The van der Waals surface area contributed by atoms with Crippen molar-refractivity contribution in [1.29, 1.82) is 0 Å². The monoisotopic (exact) mass is 541 g/mol. The summed E-state index contributed by atoms with van der Waals surface area (Å²) < 4.78 is 84.1. The first-order valence-electron chi connectivity index (χ1n) is 11.7. The number of anilines is 2. The van der Waals surface area contributed by atoms with Gasteiger partial charge in [0.1, 0.15) is 0 Å². The summed E-state index contributed by atoms with van der Waals surface area (Å²) in [6.45, 7) is 1.54. The first-order valence-corrected chi connectivity index (χ1v) is 12.5. The van der Waals surface area contributed by atoms with Crippen LogP contribution in [0.5, 0.6) is 0 Å². The van der Waals surface area contributed by atoms with Crippen molar-refractivity contribution < 1.29 is 26.3 Å². The molecule has 38 heavy (non-hydrogen) atoms. The number of benzene rings is 4. The van der Waals surface area contributed by atoms with E-state index in [1.54, 1.807) is 24.0 Å². The minimum Gasteiger partial charge on any atom is -0.311 e. The molecule has 8 heteroatoms. The second-order valence-corrected chi connectivity index (χ2v) is 9.90. The minimum absolute atomic E-state index is 0.0213. The Bertz CT molecular complexity index is 1470. The molecular weight excluding hydrogens is 520 g/mol. The van der Waals surface area contributed by atoms with Crippen LogP contribution in [0.2, 0.25) is 0 Å². The van der Waals surface area contributed by atoms with Gasteiger partial charge in [-0.3, -0.25) is 0 Å². The summed E-state index contributed by atoms with van der Waals surface area (Å²) in [5.41, 5.74) is 0.207. The molecule has 1 aliphatic rings. The van der Waals surface area contributed by atoms with Crippen LogP contribution < -0.4 is 4.90 Å². The molecule has 0 aromatic heterocycles. The van der Waals surface area contributed by atoms with Gasteiger partial charge in [-0.05, 0) is 60.0 Å². The average molecular weight is 542 g/mol. The van der Waals surface area contributed by atoms with E-state index in [4.69, 9.17) is 0 Å². The standard InChI is InChI=1S/C30H21F6NS/c1-19(21-11-3-5-13-23(21)30(34,35)36)26(18-20-10-2-4-12-22(20)29(31,32)33)37-24-14-6-8-16-27(24)38-28-17-9-7-15-25(28)37/h2-17H,18H2,1H3/b26-19-. The maximum Gasteiger partial charge on any atom is 0.416 e. The first-order chi connectivity index (χ1) is 18.1. The van der Waals surface area contributed by atoms with Gasteiger partial charge in [0.2, 0.25) is 0 Å². The average Bonchev–Trinajstić information content (AvgIpc) is 2.89. The molecule has 0 N–H and O–H groups in total. The van der Waals surface area contributed by atoms with E-state index < -0.39 is 23.5 Å². The van der Waals surface area contributed by atoms with Crippen molar-refractivity contribution in [1.82, 2.24) is 0 Å². The highest BCUT2D eigenvalue weighted by molar-refractivity contribution is 7.99. The van der Waals surface area contributed by atoms with E-state index in [0.29, 0.717) is 17.1 Å². The van der Waals surface area contributed by atoms with Crippen LogP contribution in [-0.2, 0) is 18.8 Å². The van der Waals surface area contributed by atoms with Gasteiger partial charge in [-0.1, -0.05) is 72.4 Å². The van der Waals surface area contributed by atoms with Gasteiger partial charge in [0.25, 0.3) is 0 Å². The maximum atomic E-state index is 14.1. The second-order valence-electron chi connectivity index (χ2n) is 8.82. The zero-order valence-corrected chi connectivity index (χ0v) is 20.9. The molecule has 194 valence electrons. The van der Waals surface area contributed by atoms with E-state index in [0.717, 1.165) is 21.9 Å². The molecular formula is C30H21F6NS. The molecule has 0 atom stereocenters. The van der Waals surface area contributed by atoms with E-state index in [1.807, 2.05) is 36.4 Å². The lowest BCUT2D eigenvalue weighted by molar-refractivity contribution is -0.138. The van der Waals surface area contributed by atoms with Crippen LogP contribution in [0.4, 0.5) is 37.7 Å². The molecule has 0 bridgehead atoms. The molecule has 0 saturated heterocycles. The quantitative estimate of drug-likeness (QED) is 0.237. The van der Waals surface area contributed by atoms with Crippen molar-refractivity contribution in [3.8, 4) is 0 Å². The lowest BCUT2D eigenvalue weighted by Crippen LogP contribution is -2.24. The number of para-hydroxylation sites is 2. The van der Waals surface area contributed by atoms with Gasteiger partial charge < -0.3 is 4.90 Å². The Morgan fingerprint density at radius 1 is 0.632 bits per heavy atom. The van der Waals surface area contributed by atoms with Crippen molar-refractivity contribution in [3.05, 3.63) is 125 Å². The maximum absolute atomic E-state index is 14.1. The Kier molecular flexibility index (Phi) is 6.77. The number of hydrogen-bond acceptors (Lipinski definition) is 2. The van der Waals surface area contributed by atoms with Gasteiger partial charge in [-0.15, -0.1) is 0 Å². The molecule has 1 heterocycles. The zero-order chi connectivity index (χ0) is 27.1. The van der Waals surface area contributed by atoms with E-state index in [2.05, 4.69) is 0 Å². The third-order valence-electron chi connectivity index (χ3n) is 6.45. The fourth-order valence-electron chi connectivity index (χ4n) is 4.72. The Hall–Kier alpha value is -3.65. The van der Waals surface area contributed by atoms with Crippen LogP contribution in [0.3, 0.4) is 0 Å². The summed E-state index contributed by atoms with van der Waals surface area (Å²) >= 11 is 1.51. The van der Waals surface area contributed by atoms with E-state index >= 15 is 0 Å². The van der Waals surface area contributed by atoms with Gasteiger partial charge in [-0.2, -0.15) is 26.3 Å². The summed E-state index contributed by atoms with van der Waals surface area (Å²) in [6.07, 6.45) is -9.49. The van der Waals surface area contributed by atoms with Crippen molar-refractivity contribution in [2.75, 3.05) is 4.90 Å². The molecule has 4 aromatic carbocycles. The summed E-state index contributed by atoms with van der Waals surface area (Å²) in [5, 5.41) is 0. The van der Waals surface area contributed by atoms with Crippen molar-refractivity contribution in [2.45, 2.75) is 35.5 Å². The van der Waals surface area contributed by atoms with Crippen molar-refractivity contribution in [3.63, 3.8) is 0 Å². The summed E-state index contributed by atoms with van der Waals surface area (Å²) in [7, 11) is 0.